The molecule has 5 aromatic heterocycles. The zero-order chi connectivity index (χ0) is 44.7. The second-order valence-corrected chi connectivity index (χ2v) is 15.7. The van der Waals surface area contributed by atoms with E-state index in [-0.39, 0.29) is 28.7 Å². The van der Waals surface area contributed by atoms with Gasteiger partial charge in [-0.25, -0.2) is 24.7 Å². The largest absolute Gasteiger partial charge is 0.466 e. The van der Waals surface area contributed by atoms with Crippen LogP contribution in [0.4, 0.5) is 5.82 Å². The van der Waals surface area contributed by atoms with Crippen LogP contribution in [0.25, 0.3) is 38.7 Å². The van der Waals surface area contributed by atoms with E-state index in [1.165, 1.54) is 38.2 Å². The van der Waals surface area contributed by atoms with E-state index in [2.05, 4.69) is 49.1 Å². The predicted octanol–water partition coefficient (Wildman–Crippen LogP) is 7.14. The van der Waals surface area contributed by atoms with Crippen LogP contribution >= 0.6 is 23.2 Å². The first-order valence-corrected chi connectivity index (χ1v) is 21.9. The monoisotopic (exact) mass is 896 g/mol. The lowest BCUT2D eigenvalue weighted by Gasteiger charge is -2.22. The molecule has 0 radical (unpaired) electrons. The lowest BCUT2D eigenvalue weighted by molar-refractivity contribution is -0.142. The molecule has 0 bridgehead atoms. The van der Waals surface area contributed by atoms with Gasteiger partial charge in [0, 0.05) is 38.1 Å². The van der Waals surface area contributed by atoms with E-state index in [0.29, 0.717) is 42.1 Å². The summed E-state index contributed by atoms with van der Waals surface area (Å²) >= 11 is 11.0. The number of carbonyl (C=O) groups excluding carboxylic acids is 3. The quantitative estimate of drug-likeness (QED) is 0.0945. The fourth-order valence-corrected chi connectivity index (χ4v) is 7.51. The van der Waals surface area contributed by atoms with Crippen LogP contribution in [0.5, 0.6) is 0 Å². The minimum atomic E-state index is -0.362. The summed E-state index contributed by atoms with van der Waals surface area (Å²) in [6, 6.07) is 24.5. The summed E-state index contributed by atoms with van der Waals surface area (Å²) in [6.45, 7) is 13.2. The molecule has 17 heteroatoms. The van der Waals surface area contributed by atoms with Crippen molar-refractivity contribution in [3.05, 3.63) is 106 Å². The maximum absolute atomic E-state index is 12.7. The van der Waals surface area contributed by atoms with Crippen LogP contribution in [0.3, 0.4) is 0 Å². The van der Waals surface area contributed by atoms with E-state index in [4.69, 9.17) is 42.6 Å². The molecule has 9 rings (SSSR count). The van der Waals surface area contributed by atoms with Crippen molar-refractivity contribution in [2.45, 2.75) is 33.1 Å². The average molecular weight is 898 g/mol. The van der Waals surface area contributed by atoms with Gasteiger partial charge in [0.25, 0.3) is 0 Å². The zero-order valence-electron chi connectivity index (χ0n) is 36.2. The van der Waals surface area contributed by atoms with E-state index in [1.54, 1.807) is 6.92 Å². The first-order chi connectivity index (χ1) is 30.6. The van der Waals surface area contributed by atoms with Gasteiger partial charge in [0.05, 0.1) is 40.8 Å². The number of H-pyrrole nitrogens is 1. The van der Waals surface area contributed by atoms with E-state index >= 15 is 0 Å². The molecule has 2 aliphatic heterocycles. The van der Waals surface area contributed by atoms with E-state index in [9.17, 15) is 14.4 Å². The highest BCUT2D eigenvalue weighted by Crippen LogP contribution is 2.28. The molecule has 0 amide bonds. The second kappa shape index (κ2) is 23.1. The Morgan fingerprint density at radius 2 is 1.49 bits per heavy atom. The topological polar surface area (TPSA) is 163 Å². The molecule has 2 saturated heterocycles. The van der Waals surface area contributed by atoms with Crippen LogP contribution in [0.15, 0.2) is 78.9 Å². The maximum Gasteiger partial charge on any atom is 0.341 e. The molecule has 63 heavy (non-hydrogen) atoms. The molecule has 15 nitrogen and oxygen atoms in total. The Kier molecular flexibility index (Phi) is 17.2. The van der Waals surface area contributed by atoms with Gasteiger partial charge in [0.1, 0.15) is 39.6 Å². The number of likely N-dealkylation sites (N-methyl/N-ethyl adjacent to an activating group) is 2. The van der Waals surface area contributed by atoms with Gasteiger partial charge in [-0.15, -0.1) is 0 Å². The number of ether oxygens (including phenoxy) is 2. The highest BCUT2D eigenvalue weighted by atomic mass is 35.5. The molecular weight excluding hydrogens is 843 g/mol. The van der Waals surface area contributed by atoms with E-state index in [0.717, 1.165) is 78.1 Å². The van der Waals surface area contributed by atoms with Crippen molar-refractivity contribution in [2.75, 3.05) is 84.6 Å². The van der Waals surface area contributed by atoms with Gasteiger partial charge in [-0.3, -0.25) is 14.0 Å². The standard InChI is InChI=1S/C23H25N5O2.C11H12N2O2.C6H3Cl2NO.C6H14N2/c1-3-30-23(29)17-15-16-9-10-20(27-12-6-11-26(2)13-14-27)25-21(16)28-19-8-5-4-7-18(19)24-22(17)28;1-2-15-11(14)7-10-12-8-5-3-4-6-9(8)13-10;7-5-2-1-4(3-10)6(8)9-5;1-8-5-2-3-7-4-6-8/h4-5,7-10,15H,3,6,11-14H2,1-2H3;3-6H,2,7H2,1H3,(H,12,13);1-3H;7H,2-6H2,1H3. The third-order valence-corrected chi connectivity index (χ3v) is 10.8. The fourth-order valence-electron chi connectivity index (χ4n) is 7.12. The summed E-state index contributed by atoms with van der Waals surface area (Å²) < 4.78 is 12.1. The van der Waals surface area contributed by atoms with Gasteiger partial charge in [-0.1, -0.05) is 47.5 Å². The smallest absolute Gasteiger partial charge is 0.341 e. The Morgan fingerprint density at radius 3 is 2.25 bits per heavy atom. The number of anilines is 1. The highest BCUT2D eigenvalue weighted by Gasteiger charge is 2.21. The molecule has 2 fully saturated rings. The Morgan fingerprint density at radius 1 is 0.746 bits per heavy atom. The van der Waals surface area contributed by atoms with Crippen LogP contribution in [-0.2, 0) is 20.7 Å². The fraction of sp³-hybridized carbons (Fsp3) is 0.370. The summed E-state index contributed by atoms with van der Waals surface area (Å²) in [5.41, 5.74) is 5.79. The molecule has 0 atom stereocenters. The molecule has 7 aromatic rings. The number of fused-ring (bicyclic) bond motifs is 6. The van der Waals surface area contributed by atoms with Crippen molar-refractivity contribution >= 4 is 86.0 Å². The molecule has 332 valence electrons. The van der Waals surface area contributed by atoms with Crippen LogP contribution < -0.4 is 10.2 Å². The van der Waals surface area contributed by atoms with Crippen molar-refractivity contribution in [1.82, 2.24) is 44.4 Å². The van der Waals surface area contributed by atoms with Crippen LogP contribution in [0, 0.1) is 0 Å². The third-order valence-electron chi connectivity index (χ3n) is 10.3. The summed E-state index contributed by atoms with van der Waals surface area (Å²) in [5.74, 6) is 0.992. The van der Waals surface area contributed by atoms with E-state index in [1.807, 2.05) is 78.1 Å². The van der Waals surface area contributed by atoms with Gasteiger partial charge in [-0.2, -0.15) is 0 Å². The van der Waals surface area contributed by atoms with E-state index < -0.39 is 0 Å². The number of rotatable bonds is 7. The summed E-state index contributed by atoms with van der Waals surface area (Å²) in [4.78, 5) is 61.9. The Balaban J connectivity index is 0.000000165. The number of nitrogens with one attached hydrogen (secondary N) is 2. The van der Waals surface area contributed by atoms with Crippen LogP contribution in [0.2, 0.25) is 10.3 Å². The number of halogens is 2. The lowest BCUT2D eigenvalue weighted by Crippen LogP contribution is -2.29. The zero-order valence-corrected chi connectivity index (χ0v) is 37.7. The maximum atomic E-state index is 12.7. The molecular formula is C46H54Cl2N10O5. The van der Waals surface area contributed by atoms with Gasteiger partial charge in [0.2, 0.25) is 0 Å². The number of hydrogen-bond acceptors (Lipinski definition) is 13. The summed E-state index contributed by atoms with van der Waals surface area (Å²) in [5, 5.41) is 4.66. The molecule has 0 unspecified atom stereocenters. The van der Waals surface area contributed by atoms with Gasteiger partial charge in [-0.05, 0) is 115 Å². The highest BCUT2D eigenvalue weighted by molar-refractivity contribution is 6.33. The number of benzene rings is 2. The predicted molar refractivity (Wildman–Crippen MR) is 249 cm³/mol. The number of imidazole rings is 2. The van der Waals surface area contributed by atoms with Crippen LogP contribution in [0.1, 0.15) is 53.2 Å². The average Bonchev–Trinajstić information content (AvgIpc) is 3.69. The van der Waals surface area contributed by atoms with Crippen LogP contribution in [-0.4, -0.2) is 137 Å². The molecule has 0 saturated carbocycles. The number of para-hydroxylation sites is 4. The van der Waals surface area contributed by atoms with Gasteiger partial charge < -0.3 is 34.5 Å². The molecule has 0 spiro atoms. The minimum absolute atomic E-state index is 0.141. The number of hydrogen-bond donors (Lipinski definition) is 2. The van der Waals surface area contributed by atoms with Gasteiger partial charge >= 0.3 is 11.9 Å². The number of nitrogens with zero attached hydrogens (tertiary/aromatic N) is 8. The van der Waals surface area contributed by atoms with Gasteiger partial charge in [0.15, 0.2) is 11.9 Å². The molecule has 2 aromatic carbocycles. The SMILES string of the molecule is CCOC(=O)Cc1nc2ccccc2[nH]1.CCOC(=O)c1cc2ccc(N3CCCN(C)CC3)nc2n2c1nc1ccccc12.CN1CCCNCC1.O=Cc1ccc(Cl)nc1Cl. The Labute approximate surface area is 376 Å². The Bertz CT molecular complexity index is 2600. The third kappa shape index (κ3) is 12.7. The van der Waals surface area contributed by atoms with Crippen molar-refractivity contribution in [3.63, 3.8) is 0 Å². The van der Waals surface area contributed by atoms with Crippen molar-refractivity contribution in [2.24, 2.45) is 0 Å². The second-order valence-electron chi connectivity index (χ2n) is 15.0. The first kappa shape index (κ1) is 46.8. The number of esters is 2. The Hall–Kier alpha value is -5.71. The molecule has 7 heterocycles. The number of aromatic amines is 1. The summed E-state index contributed by atoms with van der Waals surface area (Å²) in [6.07, 6.45) is 3.24. The molecule has 0 aliphatic carbocycles. The van der Waals surface area contributed by atoms with Crippen molar-refractivity contribution in [1.29, 1.82) is 0 Å². The minimum Gasteiger partial charge on any atom is -0.466 e. The van der Waals surface area contributed by atoms with Crippen molar-refractivity contribution in [3.8, 4) is 0 Å². The summed E-state index contributed by atoms with van der Waals surface area (Å²) in [7, 11) is 4.34. The normalized spacial score (nSPS) is 14.7. The number of pyridine rings is 3. The van der Waals surface area contributed by atoms with Crippen molar-refractivity contribution < 1.29 is 23.9 Å². The first-order valence-electron chi connectivity index (χ1n) is 21.2. The lowest BCUT2D eigenvalue weighted by atomic mass is 10.2. The number of aldehydes is 1. The number of aromatic nitrogens is 6. The molecule has 2 N–H and O–H groups in total. The molecule has 2 aliphatic rings. The number of carbonyl (C=O) groups is 3.